The third-order valence-corrected chi connectivity index (χ3v) is 6.24. The van der Waals surface area contributed by atoms with Gasteiger partial charge < -0.3 is 10.4 Å². The average molecular weight is 443 g/mol. The molecule has 3 rings (SSSR count). The van der Waals surface area contributed by atoms with Gasteiger partial charge in [-0.25, -0.2) is 8.42 Å². The van der Waals surface area contributed by atoms with E-state index < -0.39 is 15.9 Å². The molecule has 0 fully saturated rings. The highest BCUT2D eigenvalue weighted by atomic mass is 35.5. The summed E-state index contributed by atoms with van der Waals surface area (Å²) < 4.78 is 28.0. The highest BCUT2D eigenvalue weighted by molar-refractivity contribution is 7.92. The Hall–Kier alpha value is -2.26. The van der Waals surface area contributed by atoms with Crippen LogP contribution in [0.2, 0.25) is 9.36 Å². The van der Waals surface area contributed by atoms with Crippen LogP contribution in [-0.4, -0.2) is 19.4 Å². The van der Waals surface area contributed by atoms with Crippen LogP contribution in [0.3, 0.4) is 0 Å². The number of hydrogen-bond acceptors (Lipinski definition) is 5. The van der Waals surface area contributed by atoms with E-state index in [0.29, 0.717) is 14.2 Å². The highest BCUT2D eigenvalue weighted by Gasteiger charge is 2.18. The molecule has 3 N–H and O–H groups in total. The number of amides is 1. The summed E-state index contributed by atoms with van der Waals surface area (Å²) in [5.41, 5.74) is 0.243. The van der Waals surface area contributed by atoms with E-state index in [9.17, 15) is 18.3 Å². The number of benzene rings is 2. The van der Waals surface area contributed by atoms with E-state index in [4.69, 9.17) is 23.2 Å². The van der Waals surface area contributed by atoms with Crippen LogP contribution < -0.4 is 10.0 Å². The quantitative estimate of drug-likeness (QED) is 0.493. The molecule has 0 aliphatic rings. The number of phenols is 1. The summed E-state index contributed by atoms with van der Waals surface area (Å²) in [4.78, 5) is 12.4. The molecule has 0 unspecified atom stereocenters. The van der Waals surface area contributed by atoms with Gasteiger partial charge in [0.1, 0.15) is 5.75 Å². The number of anilines is 2. The molecule has 6 nitrogen and oxygen atoms in total. The van der Waals surface area contributed by atoms with Crippen LogP contribution in [0.25, 0.3) is 0 Å². The summed E-state index contributed by atoms with van der Waals surface area (Å²) >= 11 is 12.7. The second-order valence-electron chi connectivity index (χ2n) is 5.35. The highest BCUT2D eigenvalue weighted by Crippen LogP contribution is 2.29. The average Bonchev–Trinajstić information content (AvgIpc) is 3.03. The van der Waals surface area contributed by atoms with Crippen molar-refractivity contribution in [3.8, 4) is 5.75 Å². The molecule has 2 aromatic carbocycles. The van der Waals surface area contributed by atoms with Crippen molar-refractivity contribution in [2.24, 2.45) is 0 Å². The minimum absolute atomic E-state index is 0.0431. The molecule has 0 spiro atoms. The summed E-state index contributed by atoms with van der Waals surface area (Å²) in [6, 6.07) is 12.9. The predicted octanol–water partition coefficient (Wildman–Crippen LogP) is 4.81. The molecule has 0 radical (unpaired) electrons. The molecule has 0 bridgehead atoms. The first-order valence-electron chi connectivity index (χ1n) is 7.43. The van der Waals surface area contributed by atoms with Gasteiger partial charge >= 0.3 is 0 Å². The number of hydrogen-bond donors (Lipinski definition) is 3. The molecule has 0 saturated carbocycles. The molecule has 0 aliphatic carbocycles. The Morgan fingerprint density at radius 3 is 2.48 bits per heavy atom. The first-order valence-corrected chi connectivity index (χ1v) is 10.5. The maximum atomic E-state index is 12.6. The number of thiophene rings is 1. The Labute approximate surface area is 169 Å². The van der Waals surface area contributed by atoms with E-state index in [-0.39, 0.29) is 22.0 Å². The first kappa shape index (κ1) is 19.5. The summed E-state index contributed by atoms with van der Waals surface area (Å²) in [6.07, 6.45) is 0. The first-order chi connectivity index (χ1) is 12.7. The van der Waals surface area contributed by atoms with Crippen molar-refractivity contribution in [1.29, 1.82) is 0 Å². The van der Waals surface area contributed by atoms with Crippen molar-refractivity contribution in [2.45, 2.75) is 4.90 Å². The second-order valence-corrected chi connectivity index (χ2v) is 9.19. The van der Waals surface area contributed by atoms with E-state index >= 15 is 0 Å². The topological polar surface area (TPSA) is 95.5 Å². The molecule has 1 amide bonds. The van der Waals surface area contributed by atoms with Gasteiger partial charge in [-0.15, -0.1) is 11.3 Å². The Balaban J connectivity index is 1.86. The summed E-state index contributed by atoms with van der Waals surface area (Å²) in [5.74, 6) is -0.785. The van der Waals surface area contributed by atoms with Crippen LogP contribution in [0, 0.1) is 0 Å². The van der Waals surface area contributed by atoms with Crippen molar-refractivity contribution >= 4 is 61.8 Å². The predicted molar refractivity (Wildman–Crippen MR) is 108 cm³/mol. The monoisotopic (exact) mass is 442 g/mol. The van der Waals surface area contributed by atoms with Gasteiger partial charge in [-0.2, -0.15) is 0 Å². The fraction of sp³-hybridized carbons (Fsp3) is 0. The lowest BCUT2D eigenvalue weighted by Gasteiger charge is -2.11. The lowest BCUT2D eigenvalue weighted by Crippen LogP contribution is -2.14. The number of sulfonamides is 1. The number of nitrogens with one attached hydrogen (secondary N) is 2. The third-order valence-electron chi connectivity index (χ3n) is 3.40. The van der Waals surface area contributed by atoms with Crippen LogP contribution in [0.4, 0.5) is 11.4 Å². The number of carbonyl (C=O) groups excluding carboxylic acids is 1. The maximum Gasteiger partial charge on any atom is 0.265 e. The smallest absolute Gasteiger partial charge is 0.265 e. The number of halogens is 2. The van der Waals surface area contributed by atoms with Gasteiger partial charge in [0.25, 0.3) is 15.9 Å². The Bertz CT molecular complexity index is 1110. The van der Waals surface area contributed by atoms with Crippen LogP contribution in [0.5, 0.6) is 5.75 Å². The molecule has 0 saturated heterocycles. The number of phenolic OH excluding ortho intramolecular Hbond substituents is 1. The zero-order chi connectivity index (χ0) is 19.6. The molecule has 140 valence electrons. The number of carbonyl (C=O) groups is 1. The van der Waals surface area contributed by atoms with E-state index in [2.05, 4.69) is 10.0 Å². The van der Waals surface area contributed by atoms with E-state index in [0.717, 1.165) is 17.4 Å². The Kier molecular flexibility index (Phi) is 5.61. The fourth-order valence-electron chi connectivity index (χ4n) is 2.17. The summed E-state index contributed by atoms with van der Waals surface area (Å²) in [7, 11) is -3.96. The van der Waals surface area contributed by atoms with Crippen molar-refractivity contribution < 1.29 is 18.3 Å². The zero-order valence-electron chi connectivity index (χ0n) is 13.4. The molecular weight excluding hydrogens is 431 g/mol. The molecule has 0 atom stereocenters. The Morgan fingerprint density at radius 1 is 1.04 bits per heavy atom. The Morgan fingerprint density at radius 2 is 1.81 bits per heavy atom. The standard InChI is InChI=1S/C17H12Cl2N2O4S2/c18-10-2-1-3-11(8-10)21-27(24,25)12-4-5-14(22)13(9-12)20-17(23)15-6-7-16(19)26-15/h1-9,21-22H,(H,20,23). The van der Waals surface area contributed by atoms with Gasteiger partial charge in [-0.1, -0.05) is 29.3 Å². The van der Waals surface area contributed by atoms with Crippen LogP contribution in [0.1, 0.15) is 9.67 Å². The van der Waals surface area contributed by atoms with Gasteiger partial charge in [0.15, 0.2) is 0 Å². The normalized spacial score (nSPS) is 11.2. The zero-order valence-corrected chi connectivity index (χ0v) is 16.6. The van der Waals surface area contributed by atoms with E-state index in [1.807, 2.05) is 0 Å². The van der Waals surface area contributed by atoms with Crippen LogP contribution in [0.15, 0.2) is 59.5 Å². The number of rotatable bonds is 5. The fourth-order valence-corrected chi connectivity index (χ4v) is 4.37. The van der Waals surface area contributed by atoms with Gasteiger partial charge in [-0.05, 0) is 48.5 Å². The van der Waals surface area contributed by atoms with Crippen molar-refractivity contribution in [3.05, 3.63) is 68.8 Å². The van der Waals surface area contributed by atoms with Crippen LogP contribution >= 0.6 is 34.5 Å². The lowest BCUT2D eigenvalue weighted by molar-refractivity contribution is 0.103. The van der Waals surface area contributed by atoms with Crippen LogP contribution in [-0.2, 0) is 10.0 Å². The SMILES string of the molecule is O=C(Nc1cc(S(=O)(=O)Nc2cccc(Cl)c2)ccc1O)c1ccc(Cl)s1. The largest absolute Gasteiger partial charge is 0.506 e. The number of aromatic hydroxyl groups is 1. The molecule has 1 aromatic heterocycles. The minimum Gasteiger partial charge on any atom is -0.506 e. The lowest BCUT2D eigenvalue weighted by atomic mass is 10.3. The van der Waals surface area contributed by atoms with Gasteiger partial charge in [-0.3, -0.25) is 9.52 Å². The maximum absolute atomic E-state index is 12.6. The summed E-state index contributed by atoms with van der Waals surface area (Å²) in [5, 5.41) is 12.8. The van der Waals surface area contributed by atoms with Crippen molar-refractivity contribution in [1.82, 2.24) is 0 Å². The van der Waals surface area contributed by atoms with Gasteiger partial charge in [0.05, 0.1) is 25.5 Å². The van der Waals surface area contributed by atoms with E-state index in [1.54, 1.807) is 24.3 Å². The second kappa shape index (κ2) is 7.77. The molecule has 10 heteroatoms. The molecule has 3 aromatic rings. The van der Waals surface area contributed by atoms with Crippen molar-refractivity contribution in [2.75, 3.05) is 10.0 Å². The molecule has 1 heterocycles. The third kappa shape index (κ3) is 4.72. The molecule has 27 heavy (non-hydrogen) atoms. The van der Waals surface area contributed by atoms with Gasteiger partial charge in [0, 0.05) is 5.02 Å². The summed E-state index contributed by atoms with van der Waals surface area (Å²) in [6.45, 7) is 0. The minimum atomic E-state index is -3.96. The molecule has 0 aliphatic heterocycles. The van der Waals surface area contributed by atoms with Gasteiger partial charge in [0.2, 0.25) is 0 Å². The van der Waals surface area contributed by atoms with Crippen molar-refractivity contribution in [3.63, 3.8) is 0 Å². The van der Waals surface area contributed by atoms with E-state index in [1.165, 1.54) is 24.3 Å². The molecular formula is C17H12Cl2N2O4S2.